The largest absolute Gasteiger partial charge is 0.471 e. The second-order valence-corrected chi connectivity index (χ2v) is 8.50. The molecule has 0 unspecified atom stereocenters. The topological polar surface area (TPSA) is 61.4 Å². The first-order valence-electron chi connectivity index (χ1n) is 9.41. The zero-order chi connectivity index (χ0) is 20.6. The van der Waals surface area contributed by atoms with Crippen molar-refractivity contribution >= 4 is 28.8 Å². The lowest BCUT2D eigenvalue weighted by Crippen LogP contribution is -2.57. The smallest absolute Gasteiger partial charge is 0.347 e. The second-order valence-electron chi connectivity index (χ2n) is 7.41. The maximum Gasteiger partial charge on any atom is 0.471 e. The first-order chi connectivity index (χ1) is 13.8. The first kappa shape index (κ1) is 19.9. The molecular formula is C20H20F3N3O2S. The molecule has 0 saturated carbocycles. The van der Waals surface area contributed by atoms with E-state index in [4.69, 9.17) is 0 Å². The SMILES string of the molecule is O=C(N[C@H]1CN2CCC1CC2)c1ccc(-c2cccc(NC(=O)C(F)(F)F)c2)s1. The first-order valence-corrected chi connectivity index (χ1v) is 10.2. The number of anilines is 1. The summed E-state index contributed by atoms with van der Waals surface area (Å²) in [6, 6.07) is 9.79. The van der Waals surface area contributed by atoms with Gasteiger partial charge >= 0.3 is 12.1 Å². The average molecular weight is 423 g/mol. The molecule has 4 heterocycles. The number of alkyl halides is 3. The molecule has 3 aliphatic rings. The Morgan fingerprint density at radius 2 is 1.86 bits per heavy atom. The minimum absolute atomic E-state index is 0.0523. The molecule has 3 aliphatic heterocycles. The van der Waals surface area contributed by atoms with Crippen LogP contribution in [0, 0.1) is 5.92 Å². The Balaban J connectivity index is 1.44. The minimum atomic E-state index is -4.95. The van der Waals surface area contributed by atoms with Gasteiger partial charge in [-0.05, 0) is 61.7 Å². The predicted molar refractivity (Wildman–Crippen MR) is 105 cm³/mol. The van der Waals surface area contributed by atoms with Gasteiger partial charge in [0.25, 0.3) is 5.91 Å². The van der Waals surface area contributed by atoms with Gasteiger partial charge in [0.15, 0.2) is 0 Å². The molecule has 3 fully saturated rings. The summed E-state index contributed by atoms with van der Waals surface area (Å²) >= 11 is 1.28. The van der Waals surface area contributed by atoms with Crippen LogP contribution < -0.4 is 10.6 Å². The summed E-state index contributed by atoms with van der Waals surface area (Å²) in [5.74, 6) is -1.61. The Hall–Kier alpha value is -2.39. The number of hydrogen-bond donors (Lipinski definition) is 2. The van der Waals surface area contributed by atoms with Crippen molar-refractivity contribution in [2.45, 2.75) is 25.1 Å². The molecule has 154 valence electrons. The van der Waals surface area contributed by atoms with Crippen molar-refractivity contribution in [1.29, 1.82) is 0 Å². The number of piperidine rings is 3. The highest BCUT2D eigenvalue weighted by Gasteiger charge is 2.38. The third kappa shape index (κ3) is 4.45. The molecule has 9 heteroatoms. The van der Waals surface area contributed by atoms with E-state index in [0.717, 1.165) is 37.4 Å². The van der Waals surface area contributed by atoms with Gasteiger partial charge in [0, 0.05) is 23.2 Å². The van der Waals surface area contributed by atoms with Crippen LogP contribution in [0.4, 0.5) is 18.9 Å². The van der Waals surface area contributed by atoms with Gasteiger partial charge in [-0.2, -0.15) is 13.2 Å². The van der Waals surface area contributed by atoms with E-state index in [0.29, 0.717) is 16.4 Å². The second kappa shape index (κ2) is 7.79. The van der Waals surface area contributed by atoms with Gasteiger partial charge in [-0.15, -0.1) is 11.3 Å². The molecular weight excluding hydrogens is 403 g/mol. The summed E-state index contributed by atoms with van der Waals surface area (Å²) < 4.78 is 37.3. The molecule has 1 aromatic heterocycles. The fraction of sp³-hybridized carbons (Fsp3) is 0.400. The van der Waals surface area contributed by atoms with Crippen LogP contribution in [0.1, 0.15) is 22.5 Å². The molecule has 3 saturated heterocycles. The Labute approximate surface area is 169 Å². The number of halogens is 3. The molecule has 0 radical (unpaired) electrons. The van der Waals surface area contributed by atoms with E-state index in [9.17, 15) is 22.8 Å². The Morgan fingerprint density at radius 1 is 1.10 bits per heavy atom. The Morgan fingerprint density at radius 3 is 2.52 bits per heavy atom. The molecule has 5 rings (SSSR count). The normalized spacial score (nSPS) is 23.6. The average Bonchev–Trinajstić information content (AvgIpc) is 3.19. The number of amides is 2. The lowest BCUT2D eigenvalue weighted by Gasteiger charge is -2.44. The van der Waals surface area contributed by atoms with Crippen molar-refractivity contribution < 1.29 is 22.8 Å². The van der Waals surface area contributed by atoms with E-state index >= 15 is 0 Å². The van der Waals surface area contributed by atoms with Crippen molar-refractivity contribution in [3.05, 3.63) is 41.3 Å². The Kier molecular flexibility index (Phi) is 5.35. The van der Waals surface area contributed by atoms with Gasteiger partial charge in [0.05, 0.1) is 4.88 Å². The number of carbonyl (C=O) groups is 2. The number of nitrogens with one attached hydrogen (secondary N) is 2. The molecule has 29 heavy (non-hydrogen) atoms. The fourth-order valence-electron chi connectivity index (χ4n) is 3.94. The fourth-order valence-corrected chi connectivity index (χ4v) is 4.84. The molecule has 2 bridgehead atoms. The molecule has 2 amide bonds. The maximum atomic E-state index is 12.7. The molecule has 1 atom stereocenters. The van der Waals surface area contributed by atoms with Gasteiger partial charge in [0.1, 0.15) is 0 Å². The number of fused-ring (bicyclic) bond motifs is 3. The van der Waals surface area contributed by atoms with Crippen LogP contribution in [0.3, 0.4) is 0 Å². The Bertz CT molecular complexity index is 920. The molecule has 0 spiro atoms. The zero-order valence-corrected chi connectivity index (χ0v) is 16.3. The van der Waals surface area contributed by atoms with Crippen LogP contribution in [-0.4, -0.2) is 48.6 Å². The predicted octanol–water partition coefficient (Wildman–Crippen LogP) is 3.74. The number of hydrogen-bond acceptors (Lipinski definition) is 4. The van der Waals surface area contributed by atoms with Gasteiger partial charge in [-0.25, -0.2) is 0 Å². The summed E-state index contributed by atoms with van der Waals surface area (Å²) in [5, 5.41) is 4.98. The van der Waals surface area contributed by atoms with E-state index in [1.165, 1.54) is 23.5 Å². The van der Waals surface area contributed by atoms with Crippen LogP contribution in [0.5, 0.6) is 0 Å². The molecule has 1 aromatic carbocycles. The third-order valence-electron chi connectivity index (χ3n) is 5.46. The summed E-state index contributed by atoms with van der Waals surface area (Å²) in [4.78, 5) is 27.5. The quantitative estimate of drug-likeness (QED) is 0.788. The highest BCUT2D eigenvalue weighted by molar-refractivity contribution is 7.17. The van der Waals surface area contributed by atoms with Crippen LogP contribution in [-0.2, 0) is 4.79 Å². The van der Waals surface area contributed by atoms with E-state index in [1.807, 2.05) is 5.32 Å². The van der Waals surface area contributed by atoms with Crippen molar-refractivity contribution in [3.63, 3.8) is 0 Å². The van der Waals surface area contributed by atoms with E-state index < -0.39 is 12.1 Å². The number of benzene rings is 1. The maximum absolute atomic E-state index is 12.7. The van der Waals surface area contributed by atoms with Crippen LogP contribution in [0.2, 0.25) is 0 Å². The van der Waals surface area contributed by atoms with Gasteiger partial charge in [-0.3, -0.25) is 9.59 Å². The summed E-state index contributed by atoms with van der Waals surface area (Å²) in [6.45, 7) is 3.08. The lowest BCUT2D eigenvalue weighted by molar-refractivity contribution is -0.167. The molecule has 2 aromatic rings. The lowest BCUT2D eigenvalue weighted by atomic mass is 9.84. The zero-order valence-electron chi connectivity index (χ0n) is 15.5. The summed E-state index contributed by atoms with van der Waals surface area (Å²) in [7, 11) is 0. The molecule has 5 nitrogen and oxygen atoms in total. The van der Waals surface area contributed by atoms with Crippen molar-refractivity contribution in [1.82, 2.24) is 10.2 Å². The standard InChI is InChI=1S/C20H20F3N3O2S/c21-20(22,23)19(28)24-14-3-1-2-13(10-14)16-4-5-17(29-16)18(27)25-15-11-26-8-6-12(15)7-9-26/h1-5,10,12,15H,6-9,11H2,(H,24,28)(H,25,27)/t15-/m0/s1. The van der Waals surface area contributed by atoms with Gasteiger partial charge in [0.2, 0.25) is 0 Å². The number of thiophene rings is 1. The van der Waals surface area contributed by atoms with Crippen molar-refractivity contribution in [2.24, 2.45) is 5.92 Å². The summed E-state index contributed by atoms with van der Waals surface area (Å²) in [6.07, 6.45) is -2.73. The summed E-state index contributed by atoms with van der Waals surface area (Å²) in [5.41, 5.74) is 0.688. The highest BCUT2D eigenvalue weighted by Crippen LogP contribution is 2.32. The van der Waals surface area contributed by atoms with Crippen molar-refractivity contribution in [2.75, 3.05) is 25.0 Å². The van der Waals surface area contributed by atoms with Crippen LogP contribution in [0.15, 0.2) is 36.4 Å². The van der Waals surface area contributed by atoms with Crippen LogP contribution >= 0.6 is 11.3 Å². The van der Waals surface area contributed by atoms with E-state index in [1.54, 1.807) is 24.3 Å². The van der Waals surface area contributed by atoms with E-state index in [2.05, 4.69) is 10.2 Å². The molecule has 2 N–H and O–H groups in total. The third-order valence-corrected chi connectivity index (χ3v) is 6.60. The van der Waals surface area contributed by atoms with Gasteiger partial charge < -0.3 is 15.5 Å². The highest BCUT2D eigenvalue weighted by atomic mass is 32.1. The monoisotopic (exact) mass is 423 g/mol. The minimum Gasteiger partial charge on any atom is -0.347 e. The number of rotatable bonds is 4. The number of nitrogens with zero attached hydrogens (tertiary/aromatic N) is 1. The molecule has 0 aliphatic carbocycles. The van der Waals surface area contributed by atoms with Crippen LogP contribution in [0.25, 0.3) is 10.4 Å². The van der Waals surface area contributed by atoms with E-state index in [-0.39, 0.29) is 17.6 Å². The van der Waals surface area contributed by atoms with Gasteiger partial charge in [-0.1, -0.05) is 12.1 Å². The number of carbonyl (C=O) groups excluding carboxylic acids is 2. The van der Waals surface area contributed by atoms with Crippen molar-refractivity contribution in [3.8, 4) is 10.4 Å².